The van der Waals surface area contributed by atoms with Crippen molar-refractivity contribution in [1.82, 2.24) is 14.9 Å². The van der Waals surface area contributed by atoms with Crippen molar-refractivity contribution in [2.45, 2.75) is 19.9 Å². The fourth-order valence-electron chi connectivity index (χ4n) is 2.70. The first kappa shape index (κ1) is 17.3. The van der Waals surface area contributed by atoms with Gasteiger partial charge in [-0.05, 0) is 36.4 Å². The summed E-state index contributed by atoms with van der Waals surface area (Å²) >= 11 is 5.89. The molecule has 0 saturated heterocycles. The molecule has 1 heterocycles. The molecular weight excluding hydrogens is 338 g/mol. The van der Waals surface area contributed by atoms with Crippen molar-refractivity contribution in [2.75, 3.05) is 13.2 Å². The van der Waals surface area contributed by atoms with Crippen LogP contribution in [0.4, 0.5) is 0 Å². The van der Waals surface area contributed by atoms with Gasteiger partial charge < -0.3 is 14.6 Å². The Kier molecular flexibility index (Phi) is 5.56. The number of ether oxygens (including phenoxy) is 1. The number of halogens is 1. The molecule has 1 N–H and O–H groups in total. The topological polar surface area (TPSA) is 56.2 Å². The standard InChI is InChI=1S/C19H20ClN3O2/c1-14(24)21-11-10-19-22-17-4-2-3-5-18(17)23(19)12-13-25-16-8-6-15(20)7-9-16/h2-9H,10-13H2,1H3,(H,21,24). The number of hydrogen-bond acceptors (Lipinski definition) is 3. The van der Waals surface area contributed by atoms with E-state index in [-0.39, 0.29) is 5.91 Å². The molecule has 0 atom stereocenters. The number of fused-ring (bicyclic) bond motifs is 1. The van der Waals surface area contributed by atoms with E-state index < -0.39 is 0 Å². The monoisotopic (exact) mass is 357 g/mol. The number of carbonyl (C=O) groups excluding carboxylic acids is 1. The van der Waals surface area contributed by atoms with E-state index >= 15 is 0 Å². The second kappa shape index (κ2) is 8.03. The van der Waals surface area contributed by atoms with Gasteiger partial charge in [-0.25, -0.2) is 4.98 Å². The van der Waals surface area contributed by atoms with Crippen LogP contribution in [-0.4, -0.2) is 28.6 Å². The smallest absolute Gasteiger partial charge is 0.216 e. The molecule has 0 bridgehead atoms. The first-order valence-electron chi connectivity index (χ1n) is 8.20. The highest BCUT2D eigenvalue weighted by Gasteiger charge is 2.10. The maximum Gasteiger partial charge on any atom is 0.216 e. The summed E-state index contributed by atoms with van der Waals surface area (Å²) < 4.78 is 7.95. The number of carbonyl (C=O) groups is 1. The maximum absolute atomic E-state index is 11.1. The molecule has 130 valence electrons. The highest BCUT2D eigenvalue weighted by molar-refractivity contribution is 6.30. The van der Waals surface area contributed by atoms with Gasteiger partial charge in [0.1, 0.15) is 18.2 Å². The van der Waals surface area contributed by atoms with Crippen molar-refractivity contribution in [1.29, 1.82) is 0 Å². The number of para-hydroxylation sites is 2. The Labute approximate surface area is 151 Å². The fourth-order valence-corrected chi connectivity index (χ4v) is 2.83. The van der Waals surface area contributed by atoms with Crippen molar-refractivity contribution in [3.05, 3.63) is 59.4 Å². The van der Waals surface area contributed by atoms with Crippen LogP contribution in [0.25, 0.3) is 11.0 Å². The predicted octanol–water partition coefficient (Wildman–Crippen LogP) is 3.45. The molecule has 2 aromatic carbocycles. The highest BCUT2D eigenvalue weighted by Crippen LogP contribution is 2.18. The second-order valence-electron chi connectivity index (χ2n) is 5.70. The first-order chi connectivity index (χ1) is 12.1. The Hall–Kier alpha value is -2.53. The second-order valence-corrected chi connectivity index (χ2v) is 6.14. The molecule has 0 aliphatic carbocycles. The summed E-state index contributed by atoms with van der Waals surface area (Å²) in [6, 6.07) is 15.3. The molecule has 3 rings (SSSR count). The molecule has 0 unspecified atom stereocenters. The predicted molar refractivity (Wildman–Crippen MR) is 99.1 cm³/mol. The number of amides is 1. The maximum atomic E-state index is 11.1. The summed E-state index contributed by atoms with van der Waals surface area (Å²) in [5, 5.41) is 3.50. The Balaban J connectivity index is 1.71. The van der Waals surface area contributed by atoms with Gasteiger partial charge in [-0.3, -0.25) is 4.79 Å². The average molecular weight is 358 g/mol. The van der Waals surface area contributed by atoms with Crippen LogP contribution >= 0.6 is 11.6 Å². The molecule has 3 aromatic rings. The summed E-state index contributed by atoms with van der Waals surface area (Å²) in [6.45, 7) is 3.29. The molecule has 0 spiro atoms. The van der Waals surface area contributed by atoms with Gasteiger partial charge in [0.15, 0.2) is 0 Å². The van der Waals surface area contributed by atoms with Crippen LogP contribution < -0.4 is 10.1 Å². The normalized spacial score (nSPS) is 10.8. The molecule has 6 heteroatoms. The molecule has 1 amide bonds. The fraction of sp³-hybridized carbons (Fsp3) is 0.263. The molecule has 0 saturated carbocycles. The molecule has 0 radical (unpaired) electrons. The molecular formula is C19H20ClN3O2. The van der Waals surface area contributed by atoms with Gasteiger partial charge in [-0.15, -0.1) is 0 Å². The van der Waals surface area contributed by atoms with Crippen LogP contribution in [0, 0.1) is 0 Å². The van der Waals surface area contributed by atoms with Crippen molar-refractivity contribution in [3.8, 4) is 5.75 Å². The summed E-state index contributed by atoms with van der Waals surface area (Å²) in [5.41, 5.74) is 2.02. The quantitative estimate of drug-likeness (QED) is 0.704. The molecule has 0 aliphatic heterocycles. The highest BCUT2D eigenvalue weighted by atomic mass is 35.5. The van der Waals surface area contributed by atoms with Gasteiger partial charge in [0.2, 0.25) is 5.91 Å². The van der Waals surface area contributed by atoms with Gasteiger partial charge >= 0.3 is 0 Å². The largest absolute Gasteiger partial charge is 0.492 e. The van der Waals surface area contributed by atoms with Crippen LogP contribution in [0.15, 0.2) is 48.5 Å². The lowest BCUT2D eigenvalue weighted by molar-refractivity contribution is -0.118. The third-order valence-electron chi connectivity index (χ3n) is 3.85. The summed E-state index contributed by atoms with van der Waals surface area (Å²) in [7, 11) is 0. The van der Waals surface area contributed by atoms with E-state index in [0.717, 1.165) is 22.6 Å². The van der Waals surface area contributed by atoms with Gasteiger partial charge in [-0.1, -0.05) is 23.7 Å². The van der Waals surface area contributed by atoms with E-state index in [9.17, 15) is 4.79 Å². The zero-order chi connectivity index (χ0) is 17.6. The number of benzene rings is 2. The van der Waals surface area contributed by atoms with Crippen molar-refractivity contribution in [3.63, 3.8) is 0 Å². The average Bonchev–Trinajstić information content (AvgIpc) is 2.94. The van der Waals surface area contributed by atoms with Gasteiger partial charge in [0.05, 0.1) is 17.6 Å². The van der Waals surface area contributed by atoms with Crippen LogP contribution in [0.1, 0.15) is 12.7 Å². The Morgan fingerprint density at radius 3 is 2.72 bits per heavy atom. The van der Waals surface area contributed by atoms with E-state index in [0.29, 0.717) is 31.1 Å². The summed E-state index contributed by atoms with van der Waals surface area (Å²) in [5.74, 6) is 1.69. The van der Waals surface area contributed by atoms with Gasteiger partial charge in [0, 0.05) is 24.9 Å². The molecule has 0 fully saturated rings. The minimum absolute atomic E-state index is 0.0336. The Morgan fingerprint density at radius 2 is 1.96 bits per heavy atom. The molecule has 25 heavy (non-hydrogen) atoms. The Bertz CT molecular complexity index is 859. The number of nitrogens with one attached hydrogen (secondary N) is 1. The molecule has 1 aromatic heterocycles. The van der Waals surface area contributed by atoms with E-state index in [1.54, 1.807) is 0 Å². The lowest BCUT2D eigenvalue weighted by Gasteiger charge is -2.11. The van der Waals surface area contributed by atoms with Crippen molar-refractivity contribution < 1.29 is 9.53 Å². The lowest BCUT2D eigenvalue weighted by Crippen LogP contribution is -2.24. The SMILES string of the molecule is CC(=O)NCCc1nc2ccccc2n1CCOc1ccc(Cl)cc1. The third-order valence-corrected chi connectivity index (χ3v) is 4.11. The minimum Gasteiger partial charge on any atom is -0.492 e. The van der Waals surface area contributed by atoms with Crippen LogP contribution in [0.5, 0.6) is 5.75 Å². The van der Waals surface area contributed by atoms with Gasteiger partial charge in [0.25, 0.3) is 0 Å². The molecule has 0 aliphatic rings. The van der Waals surface area contributed by atoms with Gasteiger partial charge in [-0.2, -0.15) is 0 Å². The number of imidazole rings is 1. The minimum atomic E-state index is -0.0336. The summed E-state index contributed by atoms with van der Waals surface area (Å²) in [6.07, 6.45) is 0.676. The van der Waals surface area contributed by atoms with Crippen LogP contribution in [0.2, 0.25) is 5.02 Å². The van der Waals surface area contributed by atoms with E-state index in [1.807, 2.05) is 48.5 Å². The Morgan fingerprint density at radius 1 is 1.20 bits per heavy atom. The van der Waals surface area contributed by atoms with Crippen molar-refractivity contribution >= 4 is 28.5 Å². The first-order valence-corrected chi connectivity index (χ1v) is 8.58. The van der Waals surface area contributed by atoms with Crippen LogP contribution in [0.3, 0.4) is 0 Å². The molecule has 5 nitrogen and oxygen atoms in total. The number of nitrogens with zero attached hydrogens (tertiary/aromatic N) is 2. The zero-order valence-electron chi connectivity index (χ0n) is 14.0. The van der Waals surface area contributed by atoms with E-state index in [1.165, 1.54) is 6.92 Å². The number of hydrogen-bond donors (Lipinski definition) is 1. The van der Waals surface area contributed by atoms with E-state index in [4.69, 9.17) is 16.3 Å². The van der Waals surface area contributed by atoms with Crippen molar-refractivity contribution in [2.24, 2.45) is 0 Å². The van der Waals surface area contributed by atoms with E-state index in [2.05, 4.69) is 14.9 Å². The zero-order valence-corrected chi connectivity index (χ0v) is 14.8. The number of rotatable bonds is 7. The summed E-state index contributed by atoms with van der Waals surface area (Å²) in [4.78, 5) is 15.8. The lowest BCUT2D eigenvalue weighted by atomic mass is 10.3. The van der Waals surface area contributed by atoms with Crippen LogP contribution in [-0.2, 0) is 17.8 Å². The number of aromatic nitrogens is 2. The third kappa shape index (κ3) is 4.51.